The minimum absolute atomic E-state index is 0.141. The Morgan fingerprint density at radius 1 is 0.844 bits per heavy atom. The molecule has 3 fully saturated rings. The summed E-state index contributed by atoms with van der Waals surface area (Å²) in [5.74, 6) is 0. The Hall–Kier alpha value is -0.560. The van der Waals surface area contributed by atoms with Crippen molar-refractivity contribution in [2.24, 2.45) is 17.2 Å². The highest BCUT2D eigenvalue weighted by Gasteiger charge is 2.52. The molecular weight excluding hydrogens is 432 g/mol. The highest BCUT2D eigenvalue weighted by atomic mass is 16.7. The van der Waals surface area contributed by atoms with Crippen molar-refractivity contribution < 1.29 is 49.6 Å². The number of ether oxygens (including phenoxy) is 4. The molecule has 2 heterocycles. The zero-order chi connectivity index (χ0) is 24.0. The van der Waals surface area contributed by atoms with Crippen molar-refractivity contribution in [2.75, 3.05) is 13.7 Å². The number of likely N-dealkylation sites (N-methyl/N-ethyl adjacent to an activating group) is 1. The lowest BCUT2D eigenvalue weighted by Gasteiger charge is -2.48. The van der Waals surface area contributed by atoms with Crippen LogP contribution in [0.5, 0.6) is 0 Å². The fourth-order valence-corrected chi connectivity index (χ4v) is 4.50. The van der Waals surface area contributed by atoms with Crippen LogP contribution in [0, 0.1) is 0 Å². The first kappa shape index (κ1) is 26.1. The normalized spacial score (nSPS) is 55.0. The van der Waals surface area contributed by atoms with Gasteiger partial charge >= 0.3 is 0 Å². The van der Waals surface area contributed by atoms with E-state index < -0.39 is 85.3 Å². The van der Waals surface area contributed by atoms with Gasteiger partial charge in [-0.1, -0.05) is 0 Å². The molecule has 3 aliphatic rings. The van der Waals surface area contributed by atoms with Crippen LogP contribution in [0.3, 0.4) is 0 Å². The Labute approximate surface area is 185 Å². The number of rotatable bonds is 5. The van der Waals surface area contributed by atoms with E-state index in [1.165, 1.54) is 6.92 Å². The lowest BCUT2D eigenvalue weighted by Crippen LogP contribution is -2.69. The molecule has 0 aromatic heterocycles. The average molecular weight is 469 g/mol. The standard InChI is InChI=1S/C18H36N4O10/c1-18(28)4-29-16(11(27)14(18)22-2)30-12-5(19)3-6(20)13(10(12)26)31-17-9(25)7(23)8(24)15(21)32-17/h5-17,22-28H,3-4,19-21H2,1-2H3. The van der Waals surface area contributed by atoms with Crippen LogP contribution in [-0.2, 0) is 18.9 Å². The van der Waals surface area contributed by atoms with Gasteiger partial charge in [-0.2, -0.15) is 0 Å². The lowest BCUT2D eigenvalue weighted by molar-refractivity contribution is -0.330. The van der Waals surface area contributed by atoms with E-state index in [4.69, 9.17) is 36.1 Å². The highest BCUT2D eigenvalue weighted by Crippen LogP contribution is 2.31. The maximum absolute atomic E-state index is 10.9. The first-order valence-electron chi connectivity index (χ1n) is 10.5. The number of aliphatic hydroxyl groups excluding tert-OH is 5. The molecule has 14 heteroatoms. The van der Waals surface area contributed by atoms with Gasteiger partial charge in [-0.05, 0) is 20.4 Å². The number of aliphatic hydroxyl groups is 6. The second-order valence-corrected chi connectivity index (χ2v) is 8.99. The Morgan fingerprint density at radius 2 is 1.41 bits per heavy atom. The molecule has 13 N–H and O–H groups in total. The van der Waals surface area contributed by atoms with E-state index in [1.54, 1.807) is 7.05 Å². The van der Waals surface area contributed by atoms with E-state index in [0.717, 1.165) is 0 Å². The van der Waals surface area contributed by atoms with Crippen molar-refractivity contribution >= 4 is 0 Å². The maximum atomic E-state index is 10.9. The molecule has 3 rings (SSSR count). The predicted molar refractivity (Wildman–Crippen MR) is 106 cm³/mol. The minimum atomic E-state index is -1.65. The number of hydrogen-bond donors (Lipinski definition) is 10. The van der Waals surface area contributed by atoms with Crippen molar-refractivity contribution in [3.05, 3.63) is 0 Å². The number of nitrogens with one attached hydrogen (secondary N) is 1. The molecule has 14 unspecified atom stereocenters. The third-order valence-corrected chi connectivity index (χ3v) is 6.39. The second kappa shape index (κ2) is 9.97. The van der Waals surface area contributed by atoms with Gasteiger partial charge in [0.2, 0.25) is 0 Å². The van der Waals surface area contributed by atoms with Crippen molar-refractivity contribution in [2.45, 2.75) is 98.6 Å². The molecule has 2 saturated heterocycles. The molecule has 0 amide bonds. The third-order valence-electron chi connectivity index (χ3n) is 6.39. The molecule has 0 radical (unpaired) electrons. The maximum Gasteiger partial charge on any atom is 0.188 e. The number of nitrogens with two attached hydrogens (primary N) is 3. The van der Waals surface area contributed by atoms with Crippen LogP contribution in [0.2, 0.25) is 0 Å². The Bertz CT molecular complexity index is 633. The van der Waals surface area contributed by atoms with Crippen LogP contribution < -0.4 is 22.5 Å². The molecule has 0 aromatic rings. The molecule has 1 saturated carbocycles. The first-order valence-corrected chi connectivity index (χ1v) is 10.5. The van der Waals surface area contributed by atoms with Crippen LogP contribution in [0.1, 0.15) is 13.3 Å². The molecule has 0 aromatic carbocycles. The molecule has 32 heavy (non-hydrogen) atoms. The lowest BCUT2D eigenvalue weighted by atomic mass is 9.84. The topological polar surface area (TPSA) is 248 Å². The van der Waals surface area contributed by atoms with Gasteiger partial charge in [0.25, 0.3) is 0 Å². The Kier molecular flexibility index (Phi) is 8.12. The molecule has 0 bridgehead atoms. The Balaban J connectivity index is 1.70. The van der Waals surface area contributed by atoms with Crippen LogP contribution >= 0.6 is 0 Å². The van der Waals surface area contributed by atoms with Crippen molar-refractivity contribution in [3.8, 4) is 0 Å². The van der Waals surface area contributed by atoms with Crippen molar-refractivity contribution in [1.29, 1.82) is 0 Å². The fourth-order valence-electron chi connectivity index (χ4n) is 4.50. The summed E-state index contributed by atoms with van der Waals surface area (Å²) in [5.41, 5.74) is 16.5. The largest absolute Gasteiger partial charge is 0.388 e. The van der Waals surface area contributed by atoms with E-state index in [2.05, 4.69) is 5.32 Å². The monoisotopic (exact) mass is 468 g/mol. The molecule has 1 aliphatic carbocycles. The molecule has 14 atom stereocenters. The molecule has 14 nitrogen and oxygen atoms in total. The van der Waals surface area contributed by atoms with Gasteiger partial charge in [0, 0.05) is 12.1 Å². The summed E-state index contributed by atoms with van der Waals surface area (Å²) in [4.78, 5) is 0. The van der Waals surface area contributed by atoms with E-state index in [1.807, 2.05) is 0 Å². The van der Waals surface area contributed by atoms with Gasteiger partial charge in [0.1, 0.15) is 54.6 Å². The zero-order valence-corrected chi connectivity index (χ0v) is 18.0. The summed E-state index contributed by atoms with van der Waals surface area (Å²) < 4.78 is 22.1. The van der Waals surface area contributed by atoms with Gasteiger partial charge in [-0.25, -0.2) is 0 Å². The predicted octanol–water partition coefficient (Wildman–Crippen LogP) is -6.04. The third kappa shape index (κ3) is 4.94. The van der Waals surface area contributed by atoms with Crippen molar-refractivity contribution in [3.63, 3.8) is 0 Å². The second-order valence-electron chi connectivity index (χ2n) is 8.99. The molecule has 188 valence electrons. The van der Waals surface area contributed by atoms with E-state index in [-0.39, 0.29) is 13.0 Å². The Morgan fingerprint density at radius 3 is 1.97 bits per heavy atom. The van der Waals surface area contributed by atoms with Crippen LogP contribution in [-0.4, -0.2) is 130 Å². The summed E-state index contributed by atoms with van der Waals surface area (Å²) in [7, 11) is 1.57. The SMILES string of the molecule is CNC1C(O)C(OC2C(N)CC(N)C(OC3OC(N)C(O)C(O)C3O)C2O)OCC1(C)O. The minimum Gasteiger partial charge on any atom is -0.388 e. The summed E-state index contributed by atoms with van der Waals surface area (Å²) in [6.45, 7) is 1.36. The van der Waals surface area contributed by atoms with E-state index in [0.29, 0.717) is 0 Å². The first-order chi connectivity index (χ1) is 14.9. The fraction of sp³-hybridized carbons (Fsp3) is 1.00. The summed E-state index contributed by atoms with van der Waals surface area (Å²) in [6.07, 6.45) is -13.7. The summed E-state index contributed by atoms with van der Waals surface area (Å²) in [5, 5.41) is 64.5. The number of hydrogen-bond acceptors (Lipinski definition) is 14. The van der Waals surface area contributed by atoms with Crippen molar-refractivity contribution in [1.82, 2.24) is 5.32 Å². The van der Waals surface area contributed by atoms with Crippen LogP contribution in [0.15, 0.2) is 0 Å². The zero-order valence-electron chi connectivity index (χ0n) is 18.0. The smallest absolute Gasteiger partial charge is 0.188 e. The summed E-state index contributed by atoms with van der Waals surface area (Å²) in [6, 6.07) is -2.32. The van der Waals surface area contributed by atoms with Gasteiger partial charge in [-0.3, -0.25) is 0 Å². The van der Waals surface area contributed by atoms with E-state index >= 15 is 0 Å². The van der Waals surface area contributed by atoms with Gasteiger partial charge < -0.3 is 72.1 Å². The van der Waals surface area contributed by atoms with Gasteiger partial charge in [0.15, 0.2) is 12.6 Å². The van der Waals surface area contributed by atoms with E-state index in [9.17, 15) is 30.6 Å². The molecule has 2 aliphatic heterocycles. The molecule has 0 spiro atoms. The quantitative estimate of drug-likeness (QED) is 0.180. The van der Waals surface area contributed by atoms with Gasteiger partial charge in [-0.15, -0.1) is 0 Å². The highest BCUT2D eigenvalue weighted by molar-refractivity contribution is 5.02. The molecular formula is C18H36N4O10. The average Bonchev–Trinajstić information content (AvgIpc) is 2.71. The van der Waals surface area contributed by atoms with Crippen LogP contribution in [0.25, 0.3) is 0 Å². The summed E-state index contributed by atoms with van der Waals surface area (Å²) >= 11 is 0. The van der Waals surface area contributed by atoms with Gasteiger partial charge in [0.05, 0.1) is 12.6 Å². The van der Waals surface area contributed by atoms with Crippen LogP contribution in [0.4, 0.5) is 0 Å².